The van der Waals surface area contributed by atoms with Crippen molar-refractivity contribution < 1.29 is 14.3 Å². The normalized spacial score (nSPS) is 16.9. The molecule has 1 unspecified atom stereocenters. The van der Waals surface area contributed by atoms with Crippen LogP contribution in [0.3, 0.4) is 0 Å². The summed E-state index contributed by atoms with van der Waals surface area (Å²) in [6.45, 7) is 1.29. The third-order valence-corrected chi connectivity index (χ3v) is 6.31. The number of hydrogen-bond acceptors (Lipinski definition) is 6. The molecule has 1 atom stereocenters. The van der Waals surface area contributed by atoms with Crippen molar-refractivity contribution in [2.24, 2.45) is 0 Å². The molecule has 3 N–H and O–H groups in total. The van der Waals surface area contributed by atoms with E-state index in [4.69, 9.17) is 9.72 Å². The van der Waals surface area contributed by atoms with Gasteiger partial charge in [0.15, 0.2) is 0 Å². The van der Waals surface area contributed by atoms with Crippen LogP contribution in [0.2, 0.25) is 0 Å². The zero-order valence-corrected chi connectivity index (χ0v) is 19.9. The van der Waals surface area contributed by atoms with Gasteiger partial charge < -0.3 is 20.7 Å². The Morgan fingerprint density at radius 3 is 2.85 bits per heavy atom. The molecule has 168 valence electrons. The highest BCUT2D eigenvalue weighted by Crippen LogP contribution is 2.34. The fraction of sp³-hybridized carbons (Fsp3) is 0.250. The first-order valence-electron chi connectivity index (χ1n) is 10.8. The van der Waals surface area contributed by atoms with Crippen LogP contribution < -0.4 is 16.0 Å². The number of benzene rings is 2. The summed E-state index contributed by atoms with van der Waals surface area (Å²) in [6, 6.07) is 13.0. The van der Waals surface area contributed by atoms with Crippen molar-refractivity contribution in [3.8, 4) is 11.3 Å². The highest BCUT2D eigenvalue weighted by atomic mass is 127. The van der Waals surface area contributed by atoms with E-state index < -0.39 is 0 Å². The van der Waals surface area contributed by atoms with Gasteiger partial charge in [0.2, 0.25) is 11.9 Å². The van der Waals surface area contributed by atoms with Crippen LogP contribution in [0.5, 0.6) is 0 Å². The molecule has 0 bridgehead atoms. The second-order valence-corrected chi connectivity index (χ2v) is 9.28. The molecular weight excluding hydrogens is 533 g/mol. The average molecular weight is 555 g/mol. The molecule has 5 rings (SSSR count). The quantitative estimate of drug-likeness (QED) is 0.413. The van der Waals surface area contributed by atoms with Gasteiger partial charge in [0, 0.05) is 45.3 Å². The first-order chi connectivity index (χ1) is 16.0. The smallest absolute Gasteiger partial charge is 0.251 e. The van der Waals surface area contributed by atoms with Gasteiger partial charge in [-0.3, -0.25) is 9.59 Å². The Morgan fingerprint density at radius 1 is 1.21 bits per heavy atom. The van der Waals surface area contributed by atoms with Gasteiger partial charge >= 0.3 is 0 Å². The Kier molecular flexibility index (Phi) is 6.23. The molecule has 9 heteroatoms. The molecule has 0 spiro atoms. The van der Waals surface area contributed by atoms with Gasteiger partial charge in [0.05, 0.1) is 23.9 Å². The van der Waals surface area contributed by atoms with E-state index in [1.807, 2.05) is 30.3 Å². The van der Waals surface area contributed by atoms with Crippen molar-refractivity contribution in [1.82, 2.24) is 15.3 Å². The number of fused-ring (bicyclic) bond motifs is 3. The van der Waals surface area contributed by atoms with Crippen LogP contribution in [0.4, 0.5) is 17.3 Å². The minimum absolute atomic E-state index is 0.0883. The first kappa shape index (κ1) is 21.8. The number of amides is 2. The number of aromatic nitrogens is 2. The monoisotopic (exact) mass is 555 g/mol. The van der Waals surface area contributed by atoms with Crippen LogP contribution in [-0.2, 0) is 16.0 Å². The summed E-state index contributed by atoms with van der Waals surface area (Å²) in [6.07, 6.45) is 4.04. The highest BCUT2D eigenvalue weighted by Gasteiger charge is 2.21. The topological polar surface area (TPSA) is 105 Å². The number of carbonyl (C=O) groups is 2. The van der Waals surface area contributed by atoms with Gasteiger partial charge in [-0.1, -0.05) is 0 Å². The average Bonchev–Trinajstić information content (AvgIpc) is 3.28. The second kappa shape index (κ2) is 9.44. The van der Waals surface area contributed by atoms with Crippen LogP contribution in [0.1, 0.15) is 28.8 Å². The van der Waals surface area contributed by atoms with Crippen LogP contribution in [0.15, 0.2) is 48.7 Å². The summed E-state index contributed by atoms with van der Waals surface area (Å²) in [4.78, 5) is 33.7. The van der Waals surface area contributed by atoms with E-state index in [-0.39, 0.29) is 24.3 Å². The number of nitrogens with zero attached hydrogens (tertiary/aromatic N) is 2. The van der Waals surface area contributed by atoms with E-state index in [9.17, 15) is 9.59 Å². The van der Waals surface area contributed by atoms with Gasteiger partial charge in [-0.05, 0) is 77.9 Å². The number of carbonyl (C=O) groups excluding carboxylic acids is 2. The van der Waals surface area contributed by atoms with Crippen LogP contribution in [-0.4, -0.2) is 41.0 Å². The maximum Gasteiger partial charge on any atom is 0.251 e. The van der Waals surface area contributed by atoms with Crippen molar-refractivity contribution >= 4 is 51.7 Å². The standard InChI is InChI=1S/C24H22IN5O3/c25-16-5-8-19-20(11-16)29-21(31)10-15-12-27-24(30-22(15)19)28-17-6-3-14(4-7-17)23(32)26-13-18-2-1-9-33-18/h3-8,11-12,18H,1-2,9-10,13H2,(H,26,32)(H,29,31)(H,27,28,30). The lowest BCUT2D eigenvalue weighted by Crippen LogP contribution is -2.31. The molecule has 3 aromatic rings. The number of anilines is 3. The van der Waals surface area contributed by atoms with Gasteiger partial charge in [-0.2, -0.15) is 0 Å². The number of hydrogen-bond donors (Lipinski definition) is 3. The molecular formula is C24H22IN5O3. The van der Waals surface area contributed by atoms with E-state index in [2.05, 4.69) is 43.5 Å². The molecule has 1 aromatic heterocycles. The Hall–Kier alpha value is -3.05. The van der Waals surface area contributed by atoms with Crippen molar-refractivity contribution in [3.63, 3.8) is 0 Å². The third kappa shape index (κ3) is 4.98. The summed E-state index contributed by atoms with van der Waals surface area (Å²) in [5.41, 5.74) is 4.44. The lowest BCUT2D eigenvalue weighted by Gasteiger charge is -2.12. The molecule has 33 heavy (non-hydrogen) atoms. The van der Waals surface area contributed by atoms with Gasteiger partial charge in [-0.15, -0.1) is 0 Å². The minimum Gasteiger partial charge on any atom is -0.376 e. The number of ether oxygens (including phenoxy) is 1. The Labute approximate surface area is 204 Å². The molecule has 2 aliphatic heterocycles. The lowest BCUT2D eigenvalue weighted by atomic mass is 10.1. The van der Waals surface area contributed by atoms with Crippen LogP contribution in [0, 0.1) is 3.57 Å². The van der Waals surface area contributed by atoms with Gasteiger partial charge in [0.1, 0.15) is 0 Å². The SMILES string of the molecule is O=C1Cc2cnc(Nc3ccc(C(=O)NCC4CCCO4)cc3)nc2-c2ccc(I)cc2N1. The Balaban J connectivity index is 1.32. The Bertz CT molecular complexity index is 1210. The van der Waals surface area contributed by atoms with Crippen molar-refractivity contribution in [1.29, 1.82) is 0 Å². The zero-order chi connectivity index (χ0) is 22.8. The molecule has 1 saturated heterocycles. The summed E-state index contributed by atoms with van der Waals surface area (Å²) in [5, 5.41) is 9.06. The molecule has 2 amide bonds. The number of rotatable bonds is 5. The fourth-order valence-electron chi connectivity index (χ4n) is 3.97. The van der Waals surface area contributed by atoms with E-state index in [0.29, 0.717) is 18.1 Å². The molecule has 2 aliphatic rings. The van der Waals surface area contributed by atoms with E-state index in [1.165, 1.54) is 0 Å². The minimum atomic E-state index is -0.123. The first-order valence-corrected chi connectivity index (χ1v) is 11.9. The maximum atomic E-state index is 12.4. The predicted molar refractivity (Wildman–Crippen MR) is 134 cm³/mol. The van der Waals surface area contributed by atoms with Crippen molar-refractivity contribution in [2.45, 2.75) is 25.4 Å². The largest absolute Gasteiger partial charge is 0.376 e. The van der Waals surface area contributed by atoms with Crippen molar-refractivity contribution in [3.05, 3.63) is 63.4 Å². The molecule has 2 aromatic carbocycles. The summed E-state index contributed by atoms with van der Waals surface area (Å²) in [7, 11) is 0. The second-order valence-electron chi connectivity index (χ2n) is 8.03. The van der Waals surface area contributed by atoms with E-state index in [0.717, 1.165) is 51.2 Å². The van der Waals surface area contributed by atoms with E-state index in [1.54, 1.807) is 18.3 Å². The predicted octanol–water partition coefficient (Wildman–Crippen LogP) is 3.90. The van der Waals surface area contributed by atoms with Gasteiger partial charge in [-0.25, -0.2) is 9.97 Å². The summed E-state index contributed by atoms with van der Waals surface area (Å²) >= 11 is 2.22. The molecule has 0 aliphatic carbocycles. The van der Waals surface area contributed by atoms with Gasteiger partial charge in [0.25, 0.3) is 5.91 Å². The molecule has 0 radical (unpaired) electrons. The summed E-state index contributed by atoms with van der Waals surface area (Å²) < 4.78 is 6.57. The van der Waals surface area contributed by atoms with Crippen LogP contribution >= 0.6 is 22.6 Å². The highest BCUT2D eigenvalue weighted by molar-refractivity contribution is 14.1. The third-order valence-electron chi connectivity index (χ3n) is 5.64. The summed E-state index contributed by atoms with van der Waals surface area (Å²) in [5.74, 6) is 0.208. The van der Waals surface area contributed by atoms with Crippen molar-refractivity contribution in [2.75, 3.05) is 23.8 Å². The van der Waals surface area contributed by atoms with E-state index >= 15 is 0 Å². The van der Waals surface area contributed by atoms with Crippen LogP contribution in [0.25, 0.3) is 11.3 Å². The molecule has 0 saturated carbocycles. The lowest BCUT2D eigenvalue weighted by molar-refractivity contribution is -0.115. The Morgan fingerprint density at radius 2 is 2.06 bits per heavy atom. The maximum absolute atomic E-state index is 12.4. The number of nitrogens with one attached hydrogen (secondary N) is 3. The molecule has 1 fully saturated rings. The fourth-order valence-corrected chi connectivity index (χ4v) is 4.46. The zero-order valence-electron chi connectivity index (χ0n) is 17.7. The molecule has 3 heterocycles. The number of halogens is 1. The molecule has 8 nitrogen and oxygen atoms in total.